The van der Waals surface area contributed by atoms with Gasteiger partial charge in [-0.05, 0) is 30.7 Å². The Morgan fingerprint density at radius 2 is 1.85 bits per heavy atom. The molecule has 1 aromatic heterocycles. The van der Waals surface area contributed by atoms with Crippen molar-refractivity contribution in [2.24, 2.45) is 5.73 Å². The maximum absolute atomic E-state index is 14.3. The Hall–Kier alpha value is -3.47. The Morgan fingerprint density at radius 3 is 2.42 bits per heavy atom. The monoisotopic (exact) mass is 470 g/mol. The van der Waals surface area contributed by atoms with Gasteiger partial charge in [-0.25, -0.2) is 13.8 Å². The van der Waals surface area contributed by atoms with Gasteiger partial charge in [0.05, 0.1) is 5.56 Å². The van der Waals surface area contributed by atoms with Gasteiger partial charge in [0.15, 0.2) is 17.7 Å². The van der Waals surface area contributed by atoms with E-state index < -0.39 is 53.3 Å². The molecule has 3 aromatic rings. The number of halogens is 5. The molecule has 0 saturated heterocycles. The van der Waals surface area contributed by atoms with Crippen LogP contribution in [0.3, 0.4) is 0 Å². The summed E-state index contributed by atoms with van der Waals surface area (Å²) in [6, 6.07) is 6.02. The van der Waals surface area contributed by atoms with Crippen molar-refractivity contribution in [2.45, 2.75) is 32.0 Å². The minimum absolute atomic E-state index is 0.203. The molecule has 176 valence electrons. The number of carbonyl (C=O) groups excluding carboxylic acids is 1. The van der Waals surface area contributed by atoms with Crippen LogP contribution in [-0.2, 0) is 12.6 Å². The number of amides is 1. The van der Waals surface area contributed by atoms with Gasteiger partial charge in [-0.3, -0.25) is 4.79 Å². The molecule has 0 fully saturated rings. The number of nitrogens with two attached hydrogens (primary N) is 1. The number of oxazole rings is 1. The first-order chi connectivity index (χ1) is 15.5. The Morgan fingerprint density at radius 1 is 1.18 bits per heavy atom. The minimum atomic E-state index is -4.49. The van der Waals surface area contributed by atoms with E-state index in [2.05, 4.69) is 4.98 Å². The molecule has 1 atom stereocenters. The van der Waals surface area contributed by atoms with Crippen molar-refractivity contribution in [3.63, 3.8) is 0 Å². The highest BCUT2D eigenvalue weighted by molar-refractivity contribution is 5.93. The first-order valence-electron chi connectivity index (χ1n) is 9.78. The predicted octanol–water partition coefficient (Wildman–Crippen LogP) is 4.80. The summed E-state index contributed by atoms with van der Waals surface area (Å²) in [6.45, 7) is 1.28. The molecular weight excluding hydrogens is 451 g/mol. The SMILES string of the molecule is CCCc1oc(C(O)COc2ccc(F)c(C(N)=O)c2F)nc1-c1ccc(C(F)(F)F)cc1. The zero-order chi connectivity index (χ0) is 24.3. The van der Waals surface area contributed by atoms with Crippen LogP contribution < -0.4 is 10.5 Å². The van der Waals surface area contributed by atoms with Crippen LogP contribution in [0.5, 0.6) is 5.75 Å². The highest BCUT2D eigenvalue weighted by Gasteiger charge is 2.30. The van der Waals surface area contributed by atoms with Crippen LogP contribution in [0.1, 0.15) is 47.0 Å². The third kappa shape index (κ3) is 5.30. The summed E-state index contributed by atoms with van der Waals surface area (Å²) in [6.07, 6.45) is -4.96. The molecule has 3 N–H and O–H groups in total. The number of aliphatic hydroxyl groups is 1. The average Bonchev–Trinajstić information content (AvgIpc) is 3.16. The number of hydrogen-bond donors (Lipinski definition) is 2. The van der Waals surface area contributed by atoms with E-state index in [1.165, 1.54) is 12.1 Å². The summed E-state index contributed by atoms with van der Waals surface area (Å²) < 4.78 is 77.0. The van der Waals surface area contributed by atoms with Crippen LogP contribution in [0.15, 0.2) is 40.8 Å². The molecule has 0 bridgehead atoms. The normalized spacial score (nSPS) is 12.6. The second-order valence-electron chi connectivity index (χ2n) is 7.07. The van der Waals surface area contributed by atoms with Crippen LogP contribution in [0.25, 0.3) is 11.3 Å². The van der Waals surface area contributed by atoms with Gasteiger partial charge in [0.2, 0.25) is 5.89 Å². The van der Waals surface area contributed by atoms with Crippen molar-refractivity contribution >= 4 is 5.91 Å². The van der Waals surface area contributed by atoms with E-state index in [4.69, 9.17) is 14.9 Å². The summed E-state index contributed by atoms with van der Waals surface area (Å²) in [7, 11) is 0. The second-order valence-corrected chi connectivity index (χ2v) is 7.07. The maximum Gasteiger partial charge on any atom is 0.416 e. The lowest BCUT2D eigenvalue weighted by Crippen LogP contribution is -2.17. The molecular formula is C22H19F5N2O4. The van der Waals surface area contributed by atoms with Crippen molar-refractivity contribution < 1.29 is 41.0 Å². The highest BCUT2D eigenvalue weighted by atomic mass is 19.4. The van der Waals surface area contributed by atoms with Crippen LogP contribution in [0.4, 0.5) is 22.0 Å². The topological polar surface area (TPSA) is 98.6 Å². The largest absolute Gasteiger partial charge is 0.487 e. The molecule has 3 rings (SSSR count). The molecule has 2 aromatic carbocycles. The molecule has 0 aliphatic heterocycles. The van der Waals surface area contributed by atoms with Crippen molar-refractivity contribution in [3.8, 4) is 17.0 Å². The second kappa shape index (κ2) is 9.57. The van der Waals surface area contributed by atoms with Gasteiger partial charge in [0.1, 0.15) is 29.4 Å². The quantitative estimate of drug-likeness (QED) is 0.461. The van der Waals surface area contributed by atoms with Crippen molar-refractivity contribution in [2.75, 3.05) is 6.61 Å². The molecule has 0 aliphatic carbocycles. The smallest absolute Gasteiger partial charge is 0.416 e. The molecule has 33 heavy (non-hydrogen) atoms. The van der Waals surface area contributed by atoms with Crippen molar-refractivity contribution in [1.29, 1.82) is 0 Å². The Kier molecular flexibility index (Phi) is 7.01. The number of carbonyl (C=O) groups is 1. The van der Waals surface area contributed by atoms with Crippen LogP contribution >= 0.6 is 0 Å². The molecule has 1 heterocycles. The maximum atomic E-state index is 14.3. The standard InChI is InChI=1S/C22H19F5N2O4/c1-2-3-16-19(11-4-6-12(7-5-11)22(25,26)27)29-21(33-16)14(30)10-32-15-9-8-13(23)17(18(15)24)20(28)31/h4-9,14,30H,2-3,10H2,1H3,(H2,28,31). The van der Waals surface area contributed by atoms with E-state index in [-0.39, 0.29) is 11.6 Å². The van der Waals surface area contributed by atoms with E-state index in [0.717, 1.165) is 24.3 Å². The molecule has 1 amide bonds. The van der Waals surface area contributed by atoms with Gasteiger partial charge in [0, 0.05) is 12.0 Å². The number of primary amides is 1. The minimum Gasteiger partial charge on any atom is -0.487 e. The van der Waals surface area contributed by atoms with Gasteiger partial charge in [-0.2, -0.15) is 13.2 Å². The molecule has 11 heteroatoms. The third-order valence-electron chi connectivity index (χ3n) is 4.66. The molecule has 6 nitrogen and oxygen atoms in total. The fourth-order valence-electron chi connectivity index (χ4n) is 3.06. The number of benzene rings is 2. The number of rotatable bonds is 8. The summed E-state index contributed by atoms with van der Waals surface area (Å²) in [5, 5.41) is 10.4. The van der Waals surface area contributed by atoms with Gasteiger partial charge in [-0.1, -0.05) is 19.1 Å². The summed E-state index contributed by atoms with van der Waals surface area (Å²) >= 11 is 0. The number of nitrogens with zero attached hydrogens (tertiary/aromatic N) is 1. The first-order valence-corrected chi connectivity index (χ1v) is 9.78. The number of aliphatic hydroxyl groups excluding tert-OH is 1. The van der Waals surface area contributed by atoms with Crippen molar-refractivity contribution in [3.05, 3.63) is 70.8 Å². The molecule has 0 aliphatic rings. The van der Waals surface area contributed by atoms with E-state index >= 15 is 0 Å². The zero-order valence-corrected chi connectivity index (χ0v) is 17.2. The number of ether oxygens (including phenoxy) is 1. The van der Waals surface area contributed by atoms with Gasteiger partial charge >= 0.3 is 6.18 Å². The average molecular weight is 470 g/mol. The summed E-state index contributed by atoms with van der Waals surface area (Å²) in [5.41, 5.74) is 3.76. The first kappa shape index (κ1) is 24.2. The Labute approximate surface area is 184 Å². The van der Waals surface area contributed by atoms with Gasteiger partial charge in [0.25, 0.3) is 5.91 Å². The van der Waals surface area contributed by atoms with E-state index in [9.17, 15) is 31.9 Å². The lowest BCUT2D eigenvalue weighted by Gasteiger charge is -2.11. The van der Waals surface area contributed by atoms with Gasteiger partial charge in [-0.15, -0.1) is 0 Å². The lowest BCUT2D eigenvalue weighted by atomic mass is 10.1. The van der Waals surface area contributed by atoms with Crippen LogP contribution in [0, 0.1) is 11.6 Å². The Bertz CT molecular complexity index is 1140. The zero-order valence-electron chi connectivity index (χ0n) is 17.2. The number of alkyl halides is 3. The highest BCUT2D eigenvalue weighted by Crippen LogP contribution is 2.33. The van der Waals surface area contributed by atoms with E-state index in [1.807, 2.05) is 6.92 Å². The summed E-state index contributed by atoms with van der Waals surface area (Å²) in [4.78, 5) is 15.4. The Balaban J connectivity index is 1.83. The molecule has 1 unspecified atom stereocenters. The lowest BCUT2D eigenvalue weighted by molar-refractivity contribution is -0.137. The fraction of sp³-hybridized carbons (Fsp3) is 0.273. The third-order valence-corrected chi connectivity index (χ3v) is 4.66. The van der Waals surface area contributed by atoms with Crippen LogP contribution in [0.2, 0.25) is 0 Å². The summed E-state index contributed by atoms with van der Waals surface area (Å²) in [5.74, 6) is -4.19. The van der Waals surface area contributed by atoms with Crippen molar-refractivity contribution in [1.82, 2.24) is 4.98 Å². The number of aromatic nitrogens is 1. The van der Waals surface area contributed by atoms with E-state index in [1.54, 1.807) is 0 Å². The number of aryl methyl sites for hydroxylation is 1. The molecule has 0 radical (unpaired) electrons. The van der Waals surface area contributed by atoms with Crippen LogP contribution in [-0.4, -0.2) is 22.6 Å². The number of hydrogen-bond acceptors (Lipinski definition) is 5. The fourth-order valence-corrected chi connectivity index (χ4v) is 3.06. The predicted molar refractivity (Wildman–Crippen MR) is 106 cm³/mol. The van der Waals surface area contributed by atoms with Gasteiger partial charge < -0.3 is 20.0 Å². The molecule has 0 saturated carbocycles. The van der Waals surface area contributed by atoms with E-state index in [0.29, 0.717) is 24.2 Å². The molecule has 0 spiro atoms.